The SMILES string of the molecule is C=CCN(CCCCC)C(=O)[C@H]1N(CCCCCCO)C(=O)[C@@H]2[C@@H](C(=O)OCC)[C@@H]3O[C@@]21CC3Br. The highest BCUT2D eigenvalue weighted by Gasteiger charge is 2.77. The highest BCUT2D eigenvalue weighted by Crippen LogP contribution is 2.60. The number of hydrogen-bond acceptors (Lipinski definition) is 6. The topological polar surface area (TPSA) is 96.4 Å². The van der Waals surface area contributed by atoms with E-state index in [-0.39, 0.29) is 29.9 Å². The number of halogens is 1. The Labute approximate surface area is 217 Å². The number of hydrogen-bond donors (Lipinski definition) is 1. The molecule has 0 aromatic rings. The molecule has 3 saturated heterocycles. The first-order valence-corrected chi connectivity index (χ1v) is 14.1. The molecule has 3 fully saturated rings. The number of carbonyl (C=O) groups is 3. The van der Waals surface area contributed by atoms with Gasteiger partial charge in [-0.05, 0) is 32.6 Å². The summed E-state index contributed by atoms with van der Waals surface area (Å²) in [6, 6.07) is -0.774. The van der Waals surface area contributed by atoms with Crippen molar-refractivity contribution in [2.75, 3.05) is 32.8 Å². The van der Waals surface area contributed by atoms with E-state index in [9.17, 15) is 14.4 Å². The van der Waals surface area contributed by atoms with Crippen molar-refractivity contribution >= 4 is 33.7 Å². The van der Waals surface area contributed by atoms with Crippen LogP contribution in [0, 0.1) is 11.8 Å². The molecule has 35 heavy (non-hydrogen) atoms. The van der Waals surface area contributed by atoms with Crippen LogP contribution in [0.4, 0.5) is 0 Å². The van der Waals surface area contributed by atoms with Gasteiger partial charge in [-0.25, -0.2) is 0 Å². The molecule has 0 radical (unpaired) electrons. The standard InChI is InChI=1S/C26H41BrN2O6/c1-4-7-10-14-28(13-5-2)24(32)22-26-17-18(27)21(35-26)19(25(33)34-6-3)20(26)23(31)29(22)15-11-8-9-12-16-30/h5,18-22,30H,2,4,6-17H2,1,3H3/t18?,19-,20+,21-,22-,26+/m1/s1. The van der Waals surface area contributed by atoms with Crippen LogP contribution in [0.2, 0.25) is 0 Å². The summed E-state index contributed by atoms with van der Waals surface area (Å²) in [5, 5.41) is 9.08. The van der Waals surface area contributed by atoms with Crippen molar-refractivity contribution in [1.82, 2.24) is 9.80 Å². The number of alkyl halides is 1. The Balaban J connectivity index is 1.93. The van der Waals surface area contributed by atoms with Gasteiger partial charge in [0.05, 0.1) is 24.5 Å². The van der Waals surface area contributed by atoms with E-state index in [1.54, 1.807) is 22.8 Å². The van der Waals surface area contributed by atoms with Crippen molar-refractivity contribution < 1.29 is 29.0 Å². The summed E-state index contributed by atoms with van der Waals surface area (Å²) in [4.78, 5) is 44.3. The van der Waals surface area contributed by atoms with E-state index in [0.29, 0.717) is 32.5 Å². The van der Waals surface area contributed by atoms with Crippen LogP contribution >= 0.6 is 15.9 Å². The van der Waals surface area contributed by atoms with Crippen molar-refractivity contribution in [2.45, 2.75) is 87.8 Å². The van der Waals surface area contributed by atoms with Crippen molar-refractivity contribution in [2.24, 2.45) is 11.8 Å². The third-order valence-electron chi connectivity index (χ3n) is 7.58. The molecule has 3 rings (SSSR count). The molecule has 198 valence electrons. The van der Waals surface area contributed by atoms with Gasteiger partial charge < -0.3 is 24.4 Å². The van der Waals surface area contributed by atoms with Gasteiger partial charge in [-0.2, -0.15) is 0 Å². The molecule has 0 aromatic heterocycles. The van der Waals surface area contributed by atoms with Gasteiger partial charge in [-0.15, -0.1) is 6.58 Å². The molecule has 3 aliphatic heterocycles. The van der Waals surface area contributed by atoms with E-state index in [1.807, 2.05) is 0 Å². The number of aliphatic hydroxyl groups is 1. The maximum atomic E-state index is 14.1. The first kappa shape index (κ1) is 28.1. The first-order chi connectivity index (χ1) is 16.9. The highest BCUT2D eigenvalue weighted by molar-refractivity contribution is 9.09. The average molecular weight is 558 g/mol. The van der Waals surface area contributed by atoms with Gasteiger partial charge in [0.15, 0.2) is 0 Å². The second-order valence-corrected chi connectivity index (χ2v) is 11.0. The quantitative estimate of drug-likeness (QED) is 0.144. The number of ether oxygens (including phenoxy) is 2. The summed E-state index contributed by atoms with van der Waals surface area (Å²) in [6.45, 7) is 9.49. The summed E-state index contributed by atoms with van der Waals surface area (Å²) in [6.07, 6.45) is 7.81. The molecule has 3 heterocycles. The van der Waals surface area contributed by atoms with Crippen molar-refractivity contribution in [3.05, 3.63) is 12.7 Å². The number of fused-ring (bicyclic) bond motifs is 1. The fourth-order valence-electron chi connectivity index (χ4n) is 6.08. The summed E-state index contributed by atoms with van der Waals surface area (Å²) >= 11 is 3.68. The van der Waals surface area contributed by atoms with Gasteiger partial charge in [0.25, 0.3) is 0 Å². The number of rotatable bonds is 15. The van der Waals surface area contributed by atoms with E-state index >= 15 is 0 Å². The lowest BCUT2D eigenvalue weighted by Gasteiger charge is -2.37. The van der Waals surface area contributed by atoms with Crippen LogP contribution in [0.1, 0.15) is 65.2 Å². The van der Waals surface area contributed by atoms with Gasteiger partial charge in [0.1, 0.15) is 11.6 Å². The van der Waals surface area contributed by atoms with Crippen molar-refractivity contribution in [3.8, 4) is 0 Å². The van der Waals surface area contributed by atoms with Crippen LogP contribution in [0.15, 0.2) is 12.7 Å². The smallest absolute Gasteiger partial charge is 0.312 e. The van der Waals surface area contributed by atoms with Crippen LogP contribution in [0.5, 0.6) is 0 Å². The number of amides is 2. The summed E-state index contributed by atoms with van der Waals surface area (Å²) < 4.78 is 11.8. The minimum absolute atomic E-state index is 0.128. The maximum absolute atomic E-state index is 14.1. The zero-order chi connectivity index (χ0) is 25.6. The number of carbonyl (C=O) groups excluding carboxylic acids is 3. The van der Waals surface area contributed by atoms with Gasteiger partial charge in [-0.3, -0.25) is 14.4 Å². The van der Waals surface area contributed by atoms with Crippen molar-refractivity contribution in [3.63, 3.8) is 0 Å². The Morgan fingerprint density at radius 1 is 1.26 bits per heavy atom. The van der Waals surface area contributed by atoms with Crippen molar-refractivity contribution in [1.29, 1.82) is 0 Å². The predicted molar refractivity (Wildman–Crippen MR) is 136 cm³/mol. The van der Waals surface area contributed by atoms with E-state index in [2.05, 4.69) is 29.4 Å². The van der Waals surface area contributed by atoms with E-state index < -0.39 is 35.6 Å². The first-order valence-electron chi connectivity index (χ1n) is 13.2. The minimum atomic E-state index is -1.04. The van der Waals surface area contributed by atoms with Crippen LogP contribution < -0.4 is 0 Å². The Kier molecular flexibility index (Phi) is 10.2. The van der Waals surface area contributed by atoms with Crippen LogP contribution in [0.3, 0.4) is 0 Å². The molecular formula is C26H41BrN2O6. The number of esters is 1. The van der Waals surface area contributed by atoms with Crippen LogP contribution in [-0.4, -0.2) is 88.1 Å². The maximum Gasteiger partial charge on any atom is 0.312 e. The molecular weight excluding hydrogens is 516 g/mol. The molecule has 8 nitrogen and oxygen atoms in total. The number of aliphatic hydroxyl groups excluding tert-OH is 1. The van der Waals surface area contributed by atoms with Gasteiger partial charge in [0.2, 0.25) is 11.8 Å². The Morgan fingerprint density at radius 3 is 2.66 bits per heavy atom. The fourth-order valence-corrected chi connectivity index (χ4v) is 7.02. The molecule has 9 heteroatoms. The molecule has 6 atom stereocenters. The largest absolute Gasteiger partial charge is 0.466 e. The zero-order valence-corrected chi connectivity index (χ0v) is 22.7. The highest BCUT2D eigenvalue weighted by atomic mass is 79.9. The predicted octanol–water partition coefficient (Wildman–Crippen LogP) is 3.06. The van der Waals surface area contributed by atoms with Gasteiger partial charge in [-0.1, -0.05) is 54.6 Å². The molecule has 2 amide bonds. The van der Waals surface area contributed by atoms with Crippen LogP contribution in [0.25, 0.3) is 0 Å². The second-order valence-electron chi connectivity index (χ2n) is 9.87. The van der Waals surface area contributed by atoms with E-state index in [4.69, 9.17) is 14.6 Å². The Bertz CT molecular complexity index is 779. The molecule has 0 aromatic carbocycles. The van der Waals surface area contributed by atoms with Gasteiger partial charge >= 0.3 is 5.97 Å². The lowest BCUT2D eigenvalue weighted by molar-refractivity contribution is -0.154. The van der Waals surface area contributed by atoms with Gasteiger partial charge in [0, 0.05) is 31.1 Å². The Hall–Kier alpha value is -1.45. The minimum Gasteiger partial charge on any atom is -0.466 e. The molecule has 2 bridgehead atoms. The molecule has 0 saturated carbocycles. The number of unbranched alkanes of at least 4 members (excludes halogenated alkanes) is 5. The van der Waals surface area contributed by atoms with E-state index in [1.165, 1.54) is 0 Å². The summed E-state index contributed by atoms with van der Waals surface area (Å²) in [5.74, 6) is -2.17. The monoisotopic (exact) mass is 556 g/mol. The third-order valence-corrected chi connectivity index (χ3v) is 8.43. The summed E-state index contributed by atoms with van der Waals surface area (Å²) in [7, 11) is 0. The number of nitrogens with zero attached hydrogens (tertiary/aromatic N) is 2. The molecule has 3 aliphatic rings. The Morgan fingerprint density at radius 2 is 2.00 bits per heavy atom. The zero-order valence-electron chi connectivity index (χ0n) is 21.1. The molecule has 0 aliphatic carbocycles. The molecule has 1 unspecified atom stereocenters. The van der Waals surface area contributed by atoms with Crippen LogP contribution in [-0.2, 0) is 23.9 Å². The normalized spacial score (nSPS) is 31.0. The molecule has 1 N–H and O–H groups in total. The average Bonchev–Trinajstić information content (AvgIpc) is 3.42. The fraction of sp³-hybridized carbons (Fsp3) is 0.808. The number of likely N-dealkylation sites (tertiary alicyclic amines) is 1. The van der Waals surface area contributed by atoms with E-state index in [0.717, 1.165) is 38.5 Å². The third kappa shape index (κ3) is 5.47. The lowest BCUT2D eigenvalue weighted by atomic mass is 9.70. The lowest BCUT2D eigenvalue weighted by Crippen LogP contribution is -2.57. The molecule has 1 spiro atoms. The summed E-state index contributed by atoms with van der Waals surface area (Å²) in [5.41, 5.74) is -1.04. The second kappa shape index (κ2) is 12.7.